The SMILES string of the molecule is Nc1ccc2cc(S(=O)(=O)O)c(N=Nc3ccc(N=NC4=CC(C(=O)O)=CC(C(=O)O)=CC4)c4ccncc34)c(O)c2c1. The van der Waals surface area contributed by atoms with E-state index < -0.39 is 38.4 Å². The van der Waals surface area contributed by atoms with Crippen LogP contribution < -0.4 is 5.73 Å². The third-order valence-electron chi connectivity index (χ3n) is 6.33. The Hall–Kier alpha value is -5.80. The Morgan fingerprint density at radius 2 is 1.53 bits per heavy atom. The first-order valence-corrected chi connectivity index (χ1v) is 13.7. The molecule has 6 N–H and O–H groups in total. The number of fused-ring (bicyclic) bond motifs is 2. The molecule has 0 fully saturated rings. The van der Waals surface area contributed by atoms with Gasteiger partial charge in [0.25, 0.3) is 10.1 Å². The van der Waals surface area contributed by atoms with Crippen LogP contribution in [-0.4, -0.2) is 45.2 Å². The van der Waals surface area contributed by atoms with Crippen molar-refractivity contribution in [3.63, 3.8) is 0 Å². The molecule has 0 unspecified atom stereocenters. The van der Waals surface area contributed by atoms with Crippen LogP contribution in [0.15, 0.2) is 115 Å². The summed E-state index contributed by atoms with van der Waals surface area (Å²) in [7, 11) is -4.82. The summed E-state index contributed by atoms with van der Waals surface area (Å²) in [5.41, 5.74) is 5.88. The number of hydrogen-bond donors (Lipinski definition) is 5. The predicted molar refractivity (Wildman–Crippen MR) is 154 cm³/mol. The van der Waals surface area contributed by atoms with Gasteiger partial charge in [-0.3, -0.25) is 9.54 Å². The molecule has 0 radical (unpaired) electrons. The van der Waals surface area contributed by atoms with E-state index in [4.69, 9.17) is 5.73 Å². The summed E-state index contributed by atoms with van der Waals surface area (Å²) in [6, 6.07) is 10.2. The number of phenolic OH excluding ortho intramolecular Hbond substituents is 1. The minimum atomic E-state index is -4.82. The molecule has 0 spiro atoms. The van der Waals surface area contributed by atoms with E-state index in [9.17, 15) is 37.9 Å². The molecular weight excluding hydrogens is 580 g/mol. The van der Waals surface area contributed by atoms with E-state index in [0.717, 1.165) is 12.1 Å². The molecule has 1 aliphatic carbocycles. The van der Waals surface area contributed by atoms with Crippen molar-refractivity contribution in [2.24, 2.45) is 20.5 Å². The maximum atomic E-state index is 12.1. The quantitative estimate of drug-likeness (QED) is 0.0980. The van der Waals surface area contributed by atoms with Crippen LogP contribution in [0.3, 0.4) is 0 Å². The topological polar surface area (TPSA) is 238 Å². The van der Waals surface area contributed by atoms with Crippen LogP contribution in [0.4, 0.5) is 22.7 Å². The number of nitrogens with zero attached hydrogens (tertiary/aromatic N) is 5. The Kier molecular flexibility index (Phi) is 7.50. The number of carboxylic acid groups (broad SMARTS) is 2. The molecule has 3 aromatic carbocycles. The molecule has 0 amide bonds. The molecule has 0 aliphatic heterocycles. The second kappa shape index (κ2) is 11.2. The fraction of sp³-hybridized carbons (Fsp3) is 0.0357. The van der Waals surface area contributed by atoms with Gasteiger partial charge >= 0.3 is 11.9 Å². The zero-order valence-electron chi connectivity index (χ0n) is 21.8. The molecule has 4 aromatic rings. The van der Waals surface area contributed by atoms with Crippen molar-refractivity contribution in [3.05, 3.63) is 89.9 Å². The second-order valence-electron chi connectivity index (χ2n) is 9.16. The molecule has 15 heteroatoms. The monoisotopic (exact) mass is 600 g/mol. The molecule has 1 heterocycles. The first-order chi connectivity index (χ1) is 20.4. The number of carbonyl (C=O) groups is 2. The number of azo groups is 2. The number of anilines is 1. The number of allylic oxidation sites excluding steroid dienone is 1. The van der Waals surface area contributed by atoms with Gasteiger partial charge in [-0.05, 0) is 53.9 Å². The van der Waals surface area contributed by atoms with Crippen molar-refractivity contribution in [2.45, 2.75) is 11.3 Å². The van der Waals surface area contributed by atoms with Gasteiger partial charge in [-0.1, -0.05) is 12.1 Å². The third kappa shape index (κ3) is 5.97. The van der Waals surface area contributed by atoms with Gasteiger partial charge in [0.2, 0.25) is 0 Å². The van der Waals surface area contributed by atoms with Gasteiger partial charge in [-0.25, -0.2) is 9.59 Å². The highest BCUT2D eigenvalue weighted by molar-refractivity contribution is 7.86. The minimum absolute atomic E-state index is 0.0151. The molecule has 1 aliphatic rings. The van der Waals surface area contributed by atoms with E-state index in [1.54, 1.807) is 6.07 Å². The standard InChI is InChI=1S/C28H20N6O8S/c29-17-3-1-14-11-24(43(40,41)42)25(26(35)20(14)12-17)34-33-23-6-5-22(19-7-8-30-13-21(19)23)32-31-18-4-2-15(27(36)37)9-16(10-18)28(38)39/h1-3,5-13,35H,4,29H2,(H,36,37)(H,38,39)(H,40,41,42). The summed E-state index contributed by atoms with van der Waals surface area (Å²) in [6.45, 7) is 0. The largest absolute Gasteiger partial charge is 0.505 e. The maximum Gasteiger partial charge on any atom is 0.335 e. The van der Waals surface area contributed by atoms with E-state index >= 15 is 0 Å². The number of nitrogens with two attached hydrogens (primary N) is 1. The number of nitrogen functional groups attached to an aromatic ring is 1. The van der Waals surface area contributed by atoms with E-state index in [-0.39, 0.29) is 34.3 Å². The highest BCUT2D eigenvalue weighted by Gasteiger charge is 2.22. The Bertz CT molecular complexity index is 2120. The van der Waals surface area contributed by atoms with Gasteiger partial charge in [0.1, 0.15) is 10.6 Å². The van der Waals surface area contributed by atoms with E-state index in [2.05, 4.69) is 25.4 Å². The van der Waals surface area contributed by atoms with Crippen LogP contribution in [0.2, 0.25) is 0 Å². The fourth-order valence-electron chi connectivity index (χ4n) is 4.27. The van der Waals surface area contributed by atoms with Gasteiger partial charge in [0.15, 0.2) is 5.75 Å². The van der Waals surface area contributed by atoms with Crippen LogP contribution in [0.1, 0.15) is 6.42 Å². The predicted octanol–water partition coefficient (Wildman–Crippen LogP) is 5.73. The molecule has 0 bridgehead atoms. The molecule has 0 saturated heterocycles. The van der Waals surface area contributed by atoms with Gasteiger partial charge in [-0.15, -0.1) is 10.2 Å². The lowest BCUT2D eigenvalue weighted by Crippen LogP contribution is -2.02. The van der Waals surface area contributed by atoms with Gasteiger partial charge < -0.3 is 21.1 Å². The lowest BCUT2D eigenvalue weighted by atomic mass is 10.1. The number of carboxylic acids is 2. The summed E-state index contributed by atoms with van der Waals surface area (Å²) in [5, 5.41) is 47.4. The van der Waals surface area contributed by atoms with Crippen molar-refractivity contribution < 1.29 is 37.9 Å². The Labute approximate surface area is 242 Å². The van der Waals surface area contributed by atoms with Crippen LogP contribution in [0.5, 0.6) is 5.75 Å². The number of phenols is 1. The first-order valence-electron chi connectivity index (χ1n) is 12.2. The van der Waals surface area contributed by atoms with E-state index in [1.165, 1.54) is 54.9 Å². The second-order valence-corrected chi connectivity index (χ2v) is 10.6. The number of aromatic nitrogens is 1. The smallest absolute Gasteiger partial charge is 0.335 e. The summed E-state index contributed by atoms with van der Waals surface area (Å²) in [4.78, 5) is 26.4. The van der Waals surface area contributed by atoms with E-state index in [0.29, 0.717) is 27.5 Å². The Morgan fingerprint density at radius 1 is 0.837 bits per heavy atom. The maximum absolute atomic E-state index is 12.1. The van der Waals surface area contributed by atoms with Crippen LogP contribution >= 0.6 is 0 Å². The average Bonchev–Trinajstić information content (AvgIpc) is 3.19. The van der Waals surface area contributed by atoms with Crippen LogP contribution in [-0.2, 0) is 19.7 Å². The van der Waals surface area contributed by atoms with Gasteiger partial charge in [0.05, 0.1) is 28.2 Å². The number of benzene rings is 3. The average molecular weight is 601 g/mol. The normalized spacial score (nSPS) is 14.1. The number of aliphatic carboxylic acids is 2. The molecule has 0 atom stereocenters. The third-order valence-corrected chi connectivity index (χ3v) is 7.20. The Balaban J connectivity index is 1.56. The molecule has 14 nitrogen and oxygen atoms in total. The molecule has 0 saturated carbocycles. The number of pyridine rings is 1. The van der Waals surface area contributed by atoms with Gasteiger partial charge in [0, 0.05) is 40.7 Å². The Morgan fingerprint density at radius 3 is 2.23 bits per heavy atom. The van der Waals surface area contributed by atoms with Crippen molar-refractivity contribution in [1.82, 2.24) is 4.98 Å². The first kappa shape index (κ1) is 28.7. The van der Waals surface area contributed by atoms with Crippen molar-refractivity contribution in [1.29, 1.82) is 0 Å². The van der Waals surface area contributed by atoms with Crippen molar-refractivity contribution >= 4 is 66.4 Å². The van der Waals surface area contributed by atoms with Crippen LogP contribution in [0, 0.1) is 0 Å². The molecule has 5 rings (SSSR count). The van der Waals surface area contributed by atoms with E-state index in [1.807, 2.05) is 0 Å². The van der Waals surface area contributed by atoms with Crippen LogP contribution in [0.25, 0.3) is 21.5 Å². The zero-order chi connectivity index (χ0) is 30.9. The van der Waals surface area contributed by atoms with Crippen molar-refractivity contribution in [2.75, 3.05) is 5.73 Å². The minimum Gasteiger partial charge on any atom is -0.505 e. The molecule has 43 heavy (non-hydrogen) atoms. The highest BCUT2D eigenvalue weighted by atomic mass is 32.2. The van der Waals surface area contributed by atoms with Crippen molar-refractivity contribution in [3.8, 4) is 5.75 Å². The molecule has 1 aromatic heterocycles. The lowest BCUT2D eigenvalue weighted by molar-refractivity contribution is -0.132. The van der Waals surface area contributed by atoms with Gasteiger partial charge in [-0.2, -0.15) is 18.6 Å². The summed E-state index contributed by atoms with van der Waals surface area (Å²) in [6.07, 6.45) is 6.53. The molecular formula is C28H20N6O8S. The lowest BCUT2D eigenvalue weighted by Gasteiger charge is -2.09. The summed E-state index contributed by atoms with van der Waals surface area (Å²) in [5.74, 6) is -3.16. The molecule has 216 valence electrons. The number of aromatic hydroxyl groups is 1. The summed E-state index contributed by atoms with van der Waals surface area (Å²) < 4.78 is 34.1. The number of hydrogen-bond acceptors (Lipinski definition) is 11. The number of rotatable bonds is 7. The highest BCUT2D eigenvalue weighted by Crippen LogP contribution is 2.43. The summed E-state index contributed by atoms with van der Waals surface area (Å²) >= 11 is 0. The fourth-order valence-corrected chi connectivity index (χ4v) is 4.93. The zero-order valence-corrected chi connectivity index (χ0v) is 22.6.